The summed E-state index contributed by atoms with van der Waals surface area (Å²) in [7, 11) is 3.86. The number of hydrogen-bond donors (Lipinski definition) is 1. The Hall–Kier alpha value is -1.37. The van der Waals surface area contributed by atoms with Gasteiger partial charge in [-0.3, -0.25) is 14.9 Å². The van der Waals surface area contributed by atoms with E-state index < -0.39 is 10.8 Å². The molecule has 8 heteroatoms. The Labute approximate surface area is 126 Å². The van der Waals surface area contributed by atoms with E-state index in [2.05, 4.69) is 5.32 Å². The number of carbonyl (C=O) groups excluding carboxylic acids is 1. The van der Waals surface area contributed by atoms with Crippen molar-refractivity contribution in [3.8, 4) is 0 Å². The molecule has 0 bridgehead atoms. The minimum atomic E-state index is -0.620. The SMILES string of the molecule is CN(C)CCCNC(=O)c1cc([N+](=O)[O-])cc(Cl)c1Cl. The van der Waals surface area contributed by atoms with E-state index in [-0.39, 0.29) is 21.3 Å². The zero-order valence-corrected chi connectivity index (χ0v) is 12.7. The van der Waals surface area contributed by atoms with E-state index in [1.54, 1.807) is 0 Å². The fraction of sp³-hybridized carbons (Fsp3) is 0.417. The maximum absolute atomic E-state index is 11.9. The molecule has 0 fully saturated rings. The highest BCUT2D eigenvalue weighted by Crippen LogP contribution is 2.30. The highest BCUT2D eigenvalue weighted by atomic mass is 35.5. The van der Waals surface area contributed by atoms with Gasteiger partial charge in [-0.15, -0.1) is 0 Å². The molecule has 0 aliphatic heterocycles. The summed E-state index contributed by atoms with van der Waals surface area (Å²) >= 11 is 11.7. The Morgan fingerprint density at radius 2 is 2.05 bits per heavy atom. The van der Waals surface area contributed by atoms with Crippen LogP contribution in [0.2, 0.25) is 10.0 Å². The van der Waals surface area contributed by atoms with Crippen LogP contribution in [0, 0.1) is 10.1 Å². The summed E-state index contributed by atoms with van der Waals surface area (Å²) < 4.78 is 0. The van der Waals surface area contributed by atoms with Gasteiger partial charge in [0.05, 0.1) is 20.5 Å². The van der Waals surface area contributed by atoms with E-state index >= 15 is 0 Å². The molecule has 1 aromatic rings. The predicted octanol–water partition coefficient (Wildman–Crippen LogP) is 2.58. The highest BCUT2D eigenvalue weighted by Gasteiger charge is 2.19. The molecule has 0 spiro atoms. The lowest BCUT2D eigenvalue weighted by Crippen LogP contribution is -2.27. The van der Waals surface area contributed by atoms with E-state index in [4.69, 9.17) is 23.2 Å². The average molecular weight is 320 g/mol. The molecule has 0 atom stereocenters. The molecule has 0 aromatic heterocycles. The number of amides is 1. The third-order valence-corrected chi connectivity index (χ3v) is 3.34. The number of benzene rings is 1. The lowest BCUT2D eigenvalue weighted by Gasteiger charge is -2.10. The van der Waals surface area contributed by atoms with Crippen molar-refractivity contribution in [1.29, 1.82) is 0 Å². The topological polar surface area (TPSA) is 75.5 Å². The van der Waals surface area contributed by atoms with Gasteiger partial charge in [-0.05, 0) is 27.1 Å². The third-order valence-electron chi connectivity index (χ3n) is 2.54. The molecule has 0 saturated heterocycles. The van der Waals surface area contributed by atoms with Crippen LogP contribution in [0.15, 0.2) is 12.1 Å². The van der Waals surface area contributed by atoms with Gasteiger partial charge in [0.15, 0.2) is 0 Å². The van der Waals surface area contributed by atoms with Crippen molar-refractivity contribution in [2.75, 3.05) is 27.2 Å². The van der Waals surface area contributed by atoms with E-state index in [0.29, 0.717) is 6.54 Å². The monoisotopic (exact) mass is 319 g/mol. The third kappa shape index (κ3) is 4.63. The van der Waals surface area contributed by atoms with Crippen molar-refractivity contribution in [1.82, 2.24) is 10.2 Å². The van der Waals surface area contributed by atoms with Gasteiger partial charge in [0, 0.05) is 18.7 Å². The first-order valence-corrected chi connectivity index (χ1v) is 6.65. The molecule has 0 saturated carbocycles. The van der Waals surface area contributed by atoms with Crippen molar-refractivity contribution < 1.29 is 9.72 Å². The zero-order valence-electron chi connectivity index (χ0n) is 11.2. The molecule has 0 radical (unpaired) electrons. The lowest BCUT2D eigenvalue weighted by atomic mass is 10.2. The maximum atomic E-state index is 11.9. The maximum Gasteiger partial charge on any atom is 0.271 e. The Bertz CT molecular complexity index is 521. The molecule has 1 rings (SSSR count). The quantitative estimate of drug-likeness (QED) is 0.496. The standard InChI is InChI=1S/C12H15Cl2N3O3/c1-16(2)5-3-4-15-12(18)9-6-8(17(19)20)7-10(13)11(9)14/h6-7H,3-5H2,1-2H3,(H,15,18). The summed E-state index contributed by atoms with van der Waals surface area (Å²) in [4.78, 5) is 24.1. The van der Waals surface area contributed by atoms with Crippen LogP contribution < -0.4 is 5.32 Å². The minimum Gasteiger partial charge on any atom is -0.352 e. The van der Waals surface area contributed by atoms with Crippen LogP contribution in [0.5, 0.6) is 0 Å². The van der Waals surface area contributed by atoms with E-state index in [1.165, 1.54) is 0 Å². The Morgan fingerprint density at radius 3 is 2.60 bits per heavy atom. The normalized spacial score (nSPS) is 10.7. The summed E-state index contributed by atoms with van der Waals surface area (Å²) in [5.74, 6) is -0.473. The van der Waals surface area contributed by atoms with Crippen molar-refractivity contribution in [2.45, 2.75) is 6.42 Å². The molecule has 0 aliphatic carbocycles. The molecule has 1 aromatic carbocycles. The van der Waals surface area contributed by atoms with Crippen LogP contribution in [-0.2, 0) is 0 Å². The molecule has 1 N–H and O–H groups in total. The summed E-state index contributed by atoms with van der Waals surface area (Å²) in [6, 6.07) is 2.24. The number of hydrogen-bond acceptors (Lipinski definition) is 4. The van der Waals surface area contributed by atoms with Crippen LogP contribution in [0.4, 0.5) is 5.69 Å². The fourth-order valence-corrected chi connectivity index (χ4v) is 1.95. The molecule has 110 valence electrons. The van der Waals surface area contributed by atoms with Crippen LogP contribution in [-0.4, -0.2) is 42.9 Å². The minimum absolute atomic E-state index is 0.00993. The number of nitro groups is 1. The predicted molar refractivity (Wildman–Crippen MR) is 78.6 cm³/mol. The Kier molecular flexibility index (Phi) is 6.19. The van der Waals surface area contributed by atoms with Gasteiger partial charge in [0.1, 0.15) is 0 Å². The molecule has 0 unspecified atom stereocenters. The van der Waals surface area contributed by atoms with Gasteiger partial charge >= 0.3 is 0 Å². The molecular weight excluding hydrogens is 305 g/mol. The van der Waals surface area contributed by atoms with Gasteiger partial charge in [-0.1, -0.05) is 23.2 Å². The number of halogens is 2. The second kappa shape index (κ2) is 7.42. The molecule has 0 aliphatic rings. The smallest absolute Gasteiger partial charge is 0.271 e. The summed E-state index contributed by atoms with van der Waals surface area (Å²) in [5, 5.41) is 13.4. The van der Waals surface area contributed by atoms with Crippen molar-refractivity contribution in [2.24, 2.45) is 0 Å². The van der Waals surface area contributed by atoms with E-state index in [9.17, 15) is 14.9 Å². The first-order valence-electron chi connectivity index (χ1n) is 5.89. The van der Waals surface area contributed by atoms with Gasteiger partial charge in [-0.25, -0.2) is 0 Å². The first-order chi connectivity index (χ1) is 9.32. The number of nitrogens with zero attached hydrogens (tertiary/aromatic N) is 2. The van der Waals surface area contributed by atoms with Gasteiger partial charge < -0.3 is 10.2 Å². The van der Waals surface area contributed by atoms with Gasteiger partial charge in [0.2, 0.25) is 0 Å². The molecule has 6 nitrogen and oxygen atoms in total. The van der Waals surface area contributed by atoms with Gasteiger partial charge in [0.25, 0.3) is 11.6 Å². The number of carbonyl (C=O) groups is 1. The first kappa shape index (κ1) is 16.7. The Morgan fingerprint density at radius 1 is 1.40 bits per heavy atom. The molecule has 1 amide bonds. The summed E-state index contributed by atoms with van der Waals surface area (Å²) in [6.45, 7) is 1.28. The van der Waals surface area contributed by atoms with Gasteiger partial charge in [-0.2, -0.15) is 0 Å². The molecule has 0 heterocycles. The zero-order chi connectivity index (χ0) is 15.3. The number of non-ortho nitro benzene ring substituents is 1. The molecular formula is C12H15Cl2N3O3. The molecule has 20 heavy (non-hydrogen) atoms. The van der Waals surface area contributed by atoms with Crippen molar-refractivity contribution in [3.05, 3.63) is 37.9 Å². The average Bonchev–Trinajstić information content (AvgIpc) is 2.36. The fourth-order valence-electron chi connectivity index (χ4n) is 1.54. The largest absolute Gasteiger partial charge is 0.352 e. The van der Waals surface area contributed by atoms with Crippen LogP contribution in [0.25, 0.3) is 0 Å². The second-order valence-corrected chi connectivity index (χ2v) is 5.24. The van der Waals surface area contributed by atoms with Crippen molar-refractivity contribution >= 4 is 34.8 Å². The Balaban J connectivity index is 2.79. The summed E-state index contributed by atoms with van der Waals surface area (Å²) in [6.07, 6.45) is 0.763. The summed E-state index contributed by atoms with van der Waals surface area (Å²) in [5.41, 5.74) is -0.256. The van der Waals surface area contributed by atoms with E-state index in [1.807, 2.05) is 19.0 Å². The number of rotatable bonds is 6. The lowest BCUT2D eigenvalue weighted by molar-refractivity contribution is -0.384. The van der Waals surface area contributed by atoms with Crippen molar-refractivity contribution in [3.63, 3.8) is 0 Å². The number of nitro benzene ring substituents is 1. The highest BCUT2D eigenvalue weighted by molar-refractivity contribution is 6.44. The van der Waals surface area contributed by atoms with Crippen LogP contribution in [0.3, 0.4) is 0 Å². The van der Waals surface area contributed by atoms with Crippen LogP contribution >= 0.6 is 23.2 Å². The van der Waals surface area contributed by atoms with Crippen LogP contribution in [0.1, 0.15) is 16.8 Å². The van der Waals surface area contributed by atoms with E-state index in [0.717, 1.165) is 25.1 Å². The number of nitrogens with one attached hydrogen (secondary N) is 1. The second-order valence-electron chi connectivity index (χ2n) is 4.46.